The van der Waals surface area contributed by atoms with Crippen LogP contribution in [0.2, 0.25) is 0 Å². The van der Waals surface area contributed by atoms with E-state index < -0.39 is 17.8 Å². The lowest BCUT2D eigenvalue weighted by Gasteiger charge is -2.26. The number of carbonyl (C=O) groups is 1. The van der Waals surface area contributed by atoms with Gasteiger partial charge in [-0.3, -0.25) is 4.79 Å². The molecule has 0 radical (unpaired) electrons. The summed E-state index contributed by atoms with van der Waals surface area (Å²) in [4.78, 5) is 11.5. The van der Waals surface area contributed by atoms with Gasteiger partial charge in [-0.15, -0.1) is 0 Å². The van der Waals surface area contributed by atoms with E-state index in [2.05, 4.69) is 4.74 Å². The third kappa shape index (κ3) is 2.05. The predicted octanol–water partition coefficient (Wildman–Crippen LogP) is 2.69. The second-order valence-electron chi connectivity index (χ2n) is 3.86. The van der Waals surface area contributed by atoms with Gasteiger partial charge in [0.2, 0.25) is 0 Å². The second-order valence-corrected chi connectivity index (χ2v) is 3.86. The van der Waals surface area contributed by atoms with E-state index in [1.54, 1.807) is 25.1 Å². The highest BCUT2D eigenvalue weighted by atomic mass is 19.3. The summed E-state index contributed by atoms with van der Waals surface area (Å²) in [6.07, 6.45) is -2.80. The molecule has 1 aromatic rings. The van der Waals surface area contributed by atoms with E-state index in [1.807, 2.05) is 0 Å². The summed E-state index contributed by atoms with van der Waals surface area (Å²) in [6, 6.07) is 6.51. The first-order chi connectivity index (χ1) is 7.42. The van der Waals surface area contributed by atoms with Crippen LogP contribution in [0.15, 0.2) is 24.3 Å². The molecule has 0 spiro atoms. The lowest BCUT2D eigenvalue weighted by molar-refractivity contribution is -0.153. The molecule has 0 saturated heterocycles. The molecule has 1 atom stereocenters. The number of rotatable bonds is 3. The minimum absolute atomic E-state index is 0.273. The van der Waals surface area contributed by atoms with E-state index >= 15 is 0 Å². The fourth-order valence-electron chi connectivity index (χ4n) is 1.51. The molecule has 0 fully saturated rings. The van der Waals surface area contributed by atoms with E-state index in [4.69, 9.17) is 0 Å². The molecule has 0 aliphatic heterocycles. The predicted molar refractivity (Wildman–Crippen MR) is 56.6 cm³/mol. The summed E-state index contributed by atoms with van der Waals surface area (Å²) in [6.45, 7) is 2.98. The lowest BCUT2D eigenvalue weighted by Crippen LogP contribution is -2.40. The third-order valence-electron chi connectivity index (χ3n) is 2.66. The van der Waals surface area contributed by atoms with Gasteiger partial charge in [-0.1, -0.05) is 29.8 Å². The number of methoxy groups -OCH3 is 1. The molecule has 88 valence electrons. The molecule has 2 nitrogen and oxygen atoms in total. The number of halogens is 2. The summed E-state index contributed by atoms with van der Waals surface area (Å²) >= 11 is 0. The van der Waals surface area contributed by atoms with Crippen LogP contribution < -0.4 is 0 Å². The zero-order valence-electron chi connectivity index (χ0n) is 9.46. The smallest absolute Gasteiger partial charge is 0.321 e. The number of ether oxygens (including phenoxy) is 1. The van der Waals surface area contributed by atoms with Gasteiger partial charge in [0.25, 0.3) is 6.43 Å². The van der Waals surface area contributed by atoms with Crippen LogP contribution in [-0.4, -0.2) is 19.5 Å². The van der Waals surface area contributed by atoms with Crippen molar-refractivity contribution < 1.29 is 18.3 Å². The van der Waals surface area contributed by atoms with Crippen molar-refractivity contribution in [1.82, 2.24) is 0 Å². The Labute approximate surface area is 93.2 Å². The molecule has 0 saturated carbocycles. The van der Waals surface area contributed by atoms with Crippen LogP contribution in [-0.2, 0) is 14.9 Å². The zero-order chi connectivity index (χ0) is 12.3. The SMILES string of the molecule is COC(=O)[C@](C)(c1cccc(C)c1)C(F)F. The van der Waals surface area contributed by atoms with Gasteiger partial charge in [-0.2, -0.15) is 0 Å². The quantitative estimate of drug-likeness (QED) is 0.743. The minimum Gasteiger partial charge on any atom is -0.468 e. The Balaban J connectivity index is 3.27. The van der Waals surface area contributed by atoms with Crippen molar-refractivity contribution in [3.63, 3.8) is 0 Å². The van der Waals surface area contributed by atoms with Gasteiger partial charge in [0.05, 0.1) is 7.11 Å². The van der Waals surface area contributed by atoms with Gasteiger partial charge < -0.3 is 4.74 Å². The number of hydrogen-bond acceptors (Lipinski definition) is 2. The summed E-state index contributed by atoms with van der Waals surface area (Å²) in [5.41, 5.74) is -0.802. The molecule has 0 amide bonds. The zero-order valence-corrected chi connectivity index (χ0v) is 9.46. The molecule has 1 rings (SSSR count). The first-order valence-electron chi connectivity index (χ1n) is 4.86. The highest BCUT2D eigenvalue weighted by molar-refractivity contribution is 5.83. The Morgan fingerprint density at radius 2 is 2.06 bits per heavy atom. The molecule has 0 aliphatic rings. The normalized spacial score (nSPS) is 14.6. The minimum atomic E-state index is -2.80. The van der Waals surface area contributed by atoms with Gasteiger partial charge in [0.15, 0.2) is 5.41 Å². The first-order valence-corrected chi connectivity index (χ1v) is 4.86. The maximum Gasteiger partial charge on any atom is 0.321 e. The van der Waals surface area contributed by atoms with Crippen LogP contribution in [0.25, 0.3) is 0 Å². The Bertz CT molecular complexity index is 390. The average molecular weight is 228 g/mol. The lowest BCUT2D eigenvalue weighted by atomic mass is 9.82. The van der Waals surface area contributed by atoms with Gasteiger partial charge in [0, 0.05) is 0 Å². The molecule has 0 unspecified atom stereocenters. The highest BCUT2D eigenvalue weighted by Crippen LogP contribution is 2.32. The van der Waals surface area contributed by atoms with Crippen LogP contribution in [0.5, 0.6) is 0 Å². The molecule has 0 N–H and O–H groups in total. The summed E-state index contributed by atoms with van der Waals surface area (Å²) in [5, 5.41) is 0. The van der Waals surface area contributed by atoms with Crippen molar-refractivity contribution in [3.8, 4) is 0 Å². The Morgan fingerprint density at radius 3 is 2.50 bits per heavy atom. The highest BCUT2D eigenvalue weighted by Gasteiger charge is 2.45. The topological polar surface area (TPSA) is 26.3 Å². The number of benzene rings is 1. The van der Waals surface area contributed by atoms with Crippen molar-refractivity contribution in [3.05, 3.63) is 35.4 Å². The number of alkyl halides is 2. The van der Waals surface area contributed by atoms with Gasteiger partial charge >= 0.3 is 5.97 Å². The fraction of sp³-hybridized carbons (Fsp3) is 0.417. The molecule has 16 heavy (non-hydrogen) atoms. The first kappa shape index (κ1) is 12.6. The molecular weight excluding hydrogens is 214 g/mol. The monoisotopic (exact) mass is 228 g/mol. The number of esters is 1. The molecule has 1 aromatic carbocycles. The van der Waals surface area contributed by atoms with Crippen LogP contribution in [0.3, 0.4) is 0 Å². The molecule has 0 bridgehead atoms. The van der Waals surface area contributed by atoms with Crippen molar-refractivity contribution in [2.75, 3.05) is 7.11 Å². The Hall–Kier alpha value is -1.45. The van der Waals surface area contributed by atoms with Crippen molar-refractivity contribution >= 4 is 5.97 Å². The summed E-state index contributed by atoms with van der Waals surface area (Å²) in [5.74, 6) is -0.923. The van der Waals surface area contributed by atoms with Crippen LogP contribution in [0.1, 0.15) is 18.1 Å². The third-order valence-corrected chi connectivity index (χ3v) is 2.66. The van der Waals surface area contributed by atoms with Crippen molar-refractivity contribution in [2.45, 2.75) is 25.7 Å². The van der Waals surface area contributed by atoms with Gasteiger partial charge in [-0.05, 0) is 19.4 Å². The van der Waals surface area contributed by atoms with Gasteiger partial charge in [0.1, 0.15) is 0 Å². The van der Waals surface area contributed by atoms with E-state index in [0.29, 0.717) is 0 Å². The Morgan fingerprint density at radius 1 is 1.44 bits per heavy atom. The average Bonchev–Trinajstić information content (AvgIpc) is 2.26. The summed E-state index contributed by atoms with van der Waals surface area (Å²) in [7, 11) is 1.11. The van der Waals surface area contributed by atoms with E-state index in [1.165, 1.54) is 13.0 Å². The molecular formula is C12H14F2O2. The largest absolute Gasteiger partial charge is 0.468 e. The molecule has 0 aromatic heterocycles. The van der Waals surface area contributed by atoms with Gasteiger partial charge in [-0.25, -0.2) is 8.78 Å². The van der Waals surface area contributed by atoms with Crippen LogP contribution in [0.4, 0.5) is 8.78 Å². The molecule has 4 heteroatoms. The van der Waals surface area contributed by atoms with Crippen molar-refractivity contribution in [2.24, 2.45) is 0 Å². The van der Waals surface area contributed by atoms with E-state index in [9.17, 15) is 13.6 Å². The number of hydrogen-bond donors (Lipinski definition) is 0. The number of carbonyl (C=O) groups excluding carboxylic acids is 1. The maximum absolute atomic E-state index is 13.0. The van der Waals surface area contributed by atoms with Crippen LogP contribution in [0, 0.1) is 6.92 Å². The van der Waals surface area contributed by atoms with Crippen molar-refractivity contribution in [1.29, 1.82) is 0 Å². The second kappa shape index (κ2) is 4.60. The van der Waals surface area contributed by atoms with E-state index in [-0.39, 0.29) is 5.56 Å². The molecule has 0 heterocycles. The maximum atomic E-state index is 13.0. The fourth-order valence-corrected chi connectivity index (χ4v) is 1.51. The van der Waals surface area contributed by atoms with Crippen LogP contribution >= 0.6 is 0 Å². The molecule has 0 aliphatic carbocycles. The number of aryl methyl sites for hydroxylation is 1. The standard InChI is InChI=1S/C12H14F2O2/c1-8-5-4-6-9(7-8)12(2,10(13)14)11(15)16-3/h4-7,10H,1-3H3/t12-/m1/s1. The summed E-state index contributed by atoms with van der Waals surface area (Å²) < 4.78 is 30.5. The van der Waals surface area contributed by atoms with E-state index in [0.717, 1.165) is 12.7 Å². The Kier molecular flexibility index (Phi) is 3.62.